The lowest BCUT2D eigenvalue weighted by atomic mass is 10.0. The molecule has 0 spiro atoms. The topological polar surface area (TPSA) is 165 Å². The van der Waals surface area contributed by atoms with Crippen molar-refractivity contribution in [1.82, 2.24) is 19.9 Å². The van der Waals surface area contributed by atoms with Crippen LogP contribution in [0.5, 0.6) is 34.5 Å². The van der Waals surface area contributed by atoms with Crippen LogP contribution in [0.25, 0.3) is 90.9 Å². The number of carbonyl (C=O) groups excluding carboxylic acids is 2. The average Bonchev–Trinajstić information content (AvgIpc) is 4.25. The first kappa shape index (κ1) is 46.3. The first-order chi connectivity index (χ1) is 34.1. The van der Waals surface area contributed by atoms with Crippen LogP contribution in [-0.4, -0.2) is 87.7 Å². The number of benzene rings is 4. The van der Waals surface area contributed by atoms with E-state index >= 15 is 0 Å². The monoisotopic (exact) mass is 938 g/mol. The number of ether oxygens (including phenoxy) is 8. The average molecular weight is 939 g/mol. The van der Waals surface area contributed by atoms with Crippen molar-refractivity contribution >= 4 is 58.3 Å². The number of nitrogens with zero attached hydrogens (tertiary/aromatic N) is 2. The fourth-order valence-electron chi connectivity index (χ4n) is 8.85. The van der Waals surface area contributed by atoms with Crippen molar-refractivity contribution in [3.05, 3.63) is 131 Å². The van der Waals surface area contributed by atoms with Gasteiger partial charge in [0.15, 0.2) is 23.0 Å². The van der Waals surface area contributed by atoms with E-state index in [9.17, 15) is 9.59 Å². The van der Waals surface area contributed by atoms with Crippen LogP contribution in [0.2, 0.25) is 0 Å². The number of hydrogen-bond donors (Lipinski definition) is 2. The summed E-state index contributed by atoms with van der Waals surface area (Å²) in [5.74, 6) is 1.91. The van der Waals surface area contributed by atoms with Gasteiger partial charge in [-0.05, 0) is 133 Å². The van der Waals surface area contributed by atoms with Crippen LogP contribution < -0.4 is 28.4 Å². The molecule has 0 radical (unpaired) electrons. The first-order valence-electron chi connectivity index (χ1n) is 22.5. The van der Waals surface area contributed by atoms with Crippen LogP contribution in [-0.2, 0) is 9.47 Å². The van der Waals surface area contributed by atoms with Gasteiger partial charge in [0.25, 0.3) is 0 Å². The number of esters is 2. The minimum Gasteiger partial charge on any atom is -0.493 e. The van der Waals surface area contributed by atoms with Gasteiger partial charge in [0.05, 0.1) is 89.8 Å². The summed E-state index contributed by atoms with van der Waals surface area (Å²) >= 11 is 0. The summed E-state index contributed by atoms with van der Waals surface area (Å²) in [5, 5.41) is 0. The van der Waals surface area contributed by atoms with Crippen LogP contribution in [0.1, 0.15) is 57.3 Å². The lowest BCUT2D eigenvalue weighted by molar-refractivity contribution is 0.0517. The molecule has 5 heterocycles. The maximum Gasteiger partial charge on any atom is 0.338 e. The molecule has 2 aliphatic heterocycles. The zero-order valence-corrected chi connectivity index (χ0v) is 39.9. The summed E-state index contributed by atoms with van der Waals surface area (Å²) in [6, 6.07) is 30.1. The van der Waals surface area contributed by atoms with E-state index in [0.717, 1.165) is 66.6 Å². The zero-order valence-electron chi connectivity index (χ0n) is 39.9. The number of methoxy groups -OCH3 is 6. The van der Waals surface area contributed by atoms with Crippen LogP contribution in [0.4, 0.5) is 0 Å². The summed E-state index contributed by atoms with van der Waals surface area (Å²) in [6.45, 7) is 4.06. The molecule has 0 amide bonds. The number of fused-ring (bicyclic) bond motifs is 8. The number of aromatic nitrogens is 4. The van der Waals surface area contributed by atoms with Gasteiger partial charge in [-0.15, -0.1) is 0 Å². The minimum absolute atomic E-state index is 0.255. The van der Waals surface area contributed by atoms with E-state index in [0.29, 0.717) is 68.4 Å². The molecular weight excluding hydrogens is 889 g/mol. The van der Waals surface area contributed by atoms with E-state index < -0.39 is 11.9 Å². The Morgan fingerprint density at radius 1 is 0.400 bits per heavy atom. The largest absolute Gasteiger partial charge is 0.493 e. The molecule has 2 N–H and O–H groups in total. The molecule has 0 saturated heterocycles. The molecule has 0 aliphatic carbocycles. The second-order valence-corrected chi connectivity index (χ2v) is 15.9. The Morgan fingerprint density at radius 3 is 0.943 bits per heavy atom. The highest BCUT2D eigenvalue weighted by Gasteiger charge is 2.23. The molecular formula is C56H50N4O10. The van der Waals surface area contributed by atoms with Crippen LogP contribution >= 0.6 is 0 Å². The predicted octanol–water partition coefficient (Wildman–Crippen LogP) is 11.7. The van der Waals surface area contributed by atoms with E-state index in [2.05, 4.69) is 9.97 Å². The number of H-pyrrole nitrogens is 2. The Bertz CT molecular complexity index is 3130. The van der Waals surface area contributed by atoms with E-state index in [-0.39, 0.29) is 13.2 Å². The van der Waals surface area contributed by atoms with Crippen molar-refractivity contribution in [2.45, 2.75) is 13.8 Å². The van der Waals surface area contributed by atoms with Crippen LogP contribution in [0.3, 0.4) is 0 Å². The normalized spacial score (nSPS) is 11.5. The first-order valence-corrected chi connectivity index (χ1v) is 22.5. The summed E-state index contributed by atoms with van der Waals surface area (Å²) < 4.78 is 45.6. The Kier molecular flexibility index (Phi) is 13.1. The van der Waals surface area contributed by atoms with Gasteiger partial charge in [-0.2, -0.15) is 0 Å². The molecule has 3 aromatic heterocycles. The van der Waals surface area contributed by atoms with Crippen molar-refractivity contribution in [3.63, 3.8) is 0 Å². The molecule has 0 fully saturated rings. The Hall–Kier alpha value is -8.78. The van der Waals surface area contributed by atoms with Gasteiger partial charge in [-0.25, -0.2) is 19.6 Å². The van der Waals surface area contributed by atoms with Gasteiger partial charge in [-0.1, -0.05) is 24.3 Å². The SMILES string of the molecule is CCOC(=O)c1ccc(-c2c3nc(c(-c4cc(OC)c(OC)c(OC)c4)c4ccc([nH]4)c(-c4ccc(C(=O)OCC)cc4)c4nc(c(-c5cc(OC)c(OC)c(OC)c5)c5ccc2[nH]5)C=C4)C=C3)cc1. The molecule has 0 saturated carbocycles. The van der Waals surface area contributed by atoms with Gasteiger partial charge in [0, 0.05) is 44.3 Å². The van der Waals surface area contributed by atoms with Gasteiger partial charge >= 0.3 is 11.9 Å². The highest BCUT2D eigenvalue weighted by atomic mass is 16.5. The number of rotatable bonds is 14. The van der Waals surface area contributed by atoms with E-state index in [1.54, 1.807) is 80.8 Å². The third kappa shape index (κ3) is 8.55. The van der Waals surface area contributed by atoms with Crippen LogP contribution in [0.15, 0.2) is 97.1 Å². The smallest absolute Gasteiger partial charge is 0.338 e. The molecule has 14 nitrogen and oxygen atoms in total. The predicted molar refractivity (Wildman–Crippen MR) is 272 cm³/mol. The molecule has 70 heavy (non-hydrogen) atoms. The van der Waals surface area contributed by atoms with Gasteiger partial charge in [0.2, 0.25) is 11.5 Å². The van der Waals surface area contributed by atoms with Gasteiger partial charge < -0.3 is 47.9 Å². The fourth-order valence-corrected chi connectivity index (χ4v) is 8.85. The van der Waals surface area contributed by atoms with E-state index in [1.807, 2.05) is 97.1 Å². The minimum atomic E-state index is -0.414. The highest BCUT2D eigenvalue weighted by Crippen LogP contribution is 2.46. The summed E-state index contributed by atoms with van der Waals surface area (Å²) in [5.41, 5.74) is 12.4. The lowest BCUT2D eigenvalue weighted by Crippen LogP contribution is -2.04. The Labute approximate surface area is 404 Å². The van der Waals surface area contributed by atoms with Gasteiger partial charge in [-0.3, -0.25) is 0 Å². The van der Waals surface area contributed by atoms with E-state index in [4.69, 9.17) is 47.9 Å². The quantitative estimate of drug-likeness (QED) is 0.0993. The van der Waals surface area contributed by atoms with Crippen molar-refractivity contribution < 1.29 is 47.5 Å². The Morgan fingerprint density at radius 2 is 0.686 bits per heavy atom. The molecule has 2 aliphatic rings. The number of carbonyl (C=O) groups is 2. The Balaban J connectivity index is 1.44. The number of hydrogen-bond acceptors (Lipinski definition) is 12. The molecule has 4 aromatic carbocycles. The van der Waals surface area contributed by atoms with Crippen molar-refractivity contribution in [2.75, 3.05) is 55.9 Å². The van der Waals surface area contributed by atoms with Crippen molar-refractivity contribution in [2.24, 2.45) is 0 Å². The van der Waals surface area contributed by atoms with Gasteiger partial charge in [0.1, 0.15) is 0 Å². The fraction of sp³-hybridized carbons (Fsp3) is 0.179. The summed E-state index contributed by atoms with van der Waals surface area (Å²) in [6.07, 6.45) is 7.89. The molecule has 9 rings (SSSR count). The van der Waals surface area contributed by atoms with Crippen molar-refractivity contribution in [3.8, 4) is 79.0 Å². The maximum atomic E-state index is 12.8. The van der Waals surface area contributed by atoms with Crippen molar-refractivity contribution in [1.29, 1.82) is 0 Å². The summed E-state index contributed by atoms with van der Waals surface area (Å²) in [7, 11) is 9.45. The molecule has 0 unspecified atom stereocenters. The molecule has 8 bridgehead atoms. The van der Waals surface area contributed by atoms with E-state index in [1.165, 1.54) is 0 Å². The third-order valence-corrected chi connectivity index (χ3v) is 12.0. The number of nitrogens with one attached hydrogen (secondary N) is 2. The molecule has 14 heteroatoms. The summed E-state index contributed by atoms with van der Waals surface area (Å²) in [4.78, 5) is 44.0. The van der Waals surface area contributed by atoms with Crippen LogP contribution in [0, 0.1) is 0 Å². The highest BCUT2D eigenvalue weighted by molar-refractivity contribution is 6.01. The zero-order chi connectivity index (χ0) is 49.1. The second-order valence-electron chi connectivity index (χ2n) is 15.9. The number of aromatic amines is 2. The molecule has 354 valence electrons. The third-order valence-electron chi connectivity index (χ3n) is 12.0. The standard InChI is InChI=1S/C56H50N4O10/c1-9-69-55(61)33-15-11-31(12-16-33)49-37-19-23-41(57-37)51(35-27-45(63-3)53(67-7)46(28-35)64-4)43-25-21-39(59-43)50(32-13-17-34(18-14-32)56(62)70-10-2)40-22-26-44(60-40)52(42-24-20-38(49)58-42)36-29-47(65-5)54(68-8)48(30-36)66-6/h11-30,57,60H,9-10H2,1-8H3. The molecule has 7 aromatic rings. The second kappa shape index (κ2) is 19.8. The molecule has 0 atom stereocenters. The maximum absolute atomic E-state index is 12.8. The lowest BCUT2D eigenvalue weighted by Gasteiger charge is -2.15.